The molecule has 0 bridgehead atoms. The highest BCUT2D eigenvalue weighted by Crippen LogP contribution is 2.16. The van der Waals surface area contributed by atoms with Crippen LogP contribution in [0.4, 0.5) is 19.0 Å². The van der Waals surface area contributed by atoms with Gasteiger partial charge in [-0.1, -0.05) is 57.8 Å². The van der Waals surface area contributed by atoms with Crippen molar-refractivity contribution in [3.8, 4) is 0 Å². The number of hydrogen-bond acceptors (Lipinski definition) is 4. The maximum atomic E-state index is 12.1. The number of ketones is 1. The molecule has 0 saturated heterocycles. The first-order chi connectivity index (χ1) is 13.8. The molecule has 1 aromatic rings. The second-order valence-corrected chi connectivity index (χ2v) is 7.25. The van der Waals surface area contributed by atoms with E-state index in [1.165, 1.54) is 0 Å². The fourth-order valence-corrected chi connectivity index (χ4v) is 3.09. The second kappa shape index (κ2) is 14.0. The number of nitrogens with two attached hydrogens (primary N) is 1. The molecule has 0 aliphatic heterocycles. The molecule has 0 saturated carbocycles. The van der Waals surface area contributed by atoms with Gasteiger partial charge in [-0.15, -0.1) is 0 Å². The topological polar surface area (TPSA) is 85.1 Å². The van der Waals surface area contributed by atoms with E-state index in [0.29, 0.717) is 24.2 Å². The van der Waals surface area contributed by atoms with Crippen molar-refractivity contribution in [2.24, 2.45) is 0 Å². The number of halogens is 3. The van der Waals surface area contributed by atoms with E-state index in [4.69, 9.17) is 5.73 Å². The summed E-state index contributed by atoms with van der Waals surface area (Å²) in [7, 11) is 0. The average Bonchev–Trinajstić information content (AvgIpc) is 2.67. The first kappa shape index (κ1) is 24.9. The summed E-state index contributed by atoms with van der Waals surface area (Å²) < 4.78 is 35.9. The molecule has 0 aromatic carbocycles. The van der Waals surface area contributed by atoms with Gasteiger partial charge in [0.2, 0.25) is 0 Å². The molecule has 5 nitrogen and oxygen atoms in total. The van der Waals surface area contributed by atoms with Crippen LogP contribution in [0, 0.1) is 0 Å². The van der Waals surface area contributed by atoms with Gasteiger partial charge < -0.3 is 11.1 Å². The van der Waals surface area contributed by atoms with Gasteiger partial charge in [-0.05, 0) is 25.0 Å². The Kier molecular flexibility index (Phi) is 12.0. The van der Waals surface area contributed by atoms with Crippen LogP contribution in [-0.4, -0.2) is 29.4 Å². The van der Waals surface area contributed by atoms with Crippen molar-refractivity contribution in [1.82, 2.24) is 10.3 Å². The van der Waals surface area contributed by atoms with Gasteiger partial charge in [0, 0.05) is 19.2 Å². The Morgan fingerprint density at radius 2 is 1.41 bits per heavy atom. The van der Waals surface area contributed by atoms with Gasteiger partial charge in [0.15, 0.2) is 5.78 Å². The molecule has 1 heterocycles. The smallest absolute Gasteiger partial charge is 0.383 e. The molecule has 1 aromatic heterocycles. The highest BCUT2D eigenvalue weighted by atomic mass is 19.4. The van der Waals surface area contributed by atoms with E-state index in [0.717, 1.165) is 64.2 Å². The summed E-state index contributed by atoms with van der Waals surface area (Å²) >= 11 is 0. The number of Topliss-reactive ketones (excluding diaryl/α,β-unsaturated/α-hetero) is 1. The Bertz CT molecular complexity index is 621. The lowest BCUT2D eigenvalue weighted by Crippen LogP contribution is -2.37. The maximum absolute atomic E-state index is 12.1. The monoisotopic (exact) mass is 415 g/mol. The minimum atomic E-state index is -4.79. The zero-order valence-corrected chi connectivity index (χ0v) is 16.9. The summed E-state index contributed by atoms with van der Waals surface area (Å²) in [6.45, 7) is 0.0776. The normalized spacial score (nSPS) is 11.4. The Morgan fingerprint density at radius 1 is 0.897 bits per heavy atom. The Labute approximate surface area is 170 Å². The molecule has 0 atom stereocenters. The number of unbranched alkanes of at least 4 members (excludes halogenated alkanes) is 10. The van der Waals surface area contributed by atoms with E-state index < -0.39 is 12.1 Å². The highest BCUT2D eigenvalue weighted by Gasteiger charge is 2.38. The second-order valence-electron chi connectivity index (χ2n) is 7.25. The molecule has 0 aliphatic carbocycles. The predicted octanol–water partition coefficient (Wildman–Crippen LogP) is 5.21. The summed E-state index contributed by atoms with van der Waals surface area (Å²) in [5, 5.41) is 1.88. The lowest BCUT2D eigenvalue weighted by molar-refractivity contribution is -0.173. The van der Waals surface area contributed by atoms with Crippen LogP contribution in [0.5, 0.6) is 0 Å². The van der Waals surface area contributed by atoms with Crippen molar-refractivity contribution in [2.45, 2.75) is 83.2 Å². The fourth-order valence-electron chi connectivity index (χ4n) is 3.09. The molecule has 0 fully saturated rings. The van der Waals surface area contributed by atoms with Gasteiger partial charge >= 0.3 is 12.1 Å². The van der Waals surface area contributed by atoms with Crippen LogP contribution < -0.4 is 11.1 Å². The number of amides is 1. The molecule has 164 valence electrons. The van der Waals surface area contributed by atoms with Crippen LogP contribution in [0.2, 0.25) is 0 Å². The van der Waals surface area contributed by atoms with Crippen LogP contribution in [0.15, 0.2) is 18.3 Å². The number of pyridine rings is 1. The molecule has 0 radical (unpaired) electrons. The first-order valence-electron chi connectivity index (χ1n) is 10.4. The summed E-state index contributed by atoms with van der Waals surface area (Å²) in [4.78, 5) is 26.6. The van der Waals surface area contributed by atoms with Crippen molar-refractivity contribution >= 4 is 17.5 Å². The zero-order chi connectivity index (χ0) is 21.5. The number of rotatable bonds is 15. The lowest BCUT2D eigenvalue weighted by atomic mass is 10.0. The molecule has 29 heavy (non-hydrogen) atoms. The van der Waals surface area contributed by atoms with Crippen LogP contribution >= 0.6 is 0 Å². The van der Waals surface area contributed by atoms with E-state index in [9.17, 15) is 22.8 Å². The standard InChI is InChI=1S/C21H32F3N3O2/c22-21(23,24)20(29)27-15-11-9-7-5-3-1-2-4-6-8-10-14-18(28)17-13-12-16-26-19(17)25/h12-13,16H,1-11,14-15H2,(H2,25,26)(H,27,29). The van der Waals surface area contributed by atoms with Gasteiger partial charge in [-0.2, -0.15) is 13.2 Å². The highest BCUT2D eigenvalue weighted by molar-refractivity contribution is 5.99. The number of nitrogens with one attached hydrogen (secondary N) is 1. The van der Waals surface area contributed by atoms with E-state index in [1.54, 1.807) is 18.3 Å². The molecule has 0 aliphatic rings. The first-order valence-corrected chi connectivity index (χ1v) is 10.4. The van der Waals surface area contributed by atoms with Gasteiger partial charge in [0.25, 0.3) is 0 Å². The molecule has 0 spiro atoms. The number of nitrogen functional groups attached to an aromatic ring is 1. The number of aromatic nitrogens is 1. The number of nitrogens with zero attached hydrogens (tertiary/aromatic N) is 1. The molecule has 1 rings (SSSR count). The molecule has 0 unspecified atom stereocenters. The Hall–Kier alpha value is -2.12. The van der Waals surface area contributed by atoms with Gasteiger partial charge in [-0.3, -0.25) is 9.59 Å². The Morgan fingerprint density at radius 3 is 1.93 bits per heavy atom. The summed E-state index contributed by atoms with van der Waals surface area (Å²) in [5.74, 6) is -1.51. The quantitative estimate of drug-likeness (QED) is 0.304. The third kappa shape index (κ3) is 11.5. The van der Waals surface area contributed by atoms with Crippen LogP contribution in [0.1, 0.15) is 87.4 Å². The van der Waals surface area contributed by atoms with Crippen molar-refractivity contribution in [2.75, 3.05) is 12.3 Å². The van der Waals surface area contributed by atoms with Crippen molar-refractivity contribution in [3.05, 3.63) is 23.9 Å². The average molecular weight is 416 g/mol. The largest absolute Gasteiger partial charge is 0.471 e. The summed E-state index contributed by atoms with van der Waals surface area (Å²) in [6, 6.07) is 3.43. The Balaban J connectivity index is 1.86. The summed E-state index contributed by atoms with van der Waals surface area (Å²) in [6.07, 6.45) is 8.28. The number of anilines is 1. The SMILES string of the molecule is Nc1ncccc1C(=O)CCCCCCCCCCCCCNC(=O)C(F)(F)F. The third-order valence-corrected chi connectivity index (χ3v) is 4.76. The number of hydrogen-bond donors (Lipinski definition) is 2. The maximum Gasteiger partial charge on any atom is 0.471 e. The van der Waals surface area contributed by atoms with Gasteiger partial charge in [0.05, 0.1) is 5.56 Å². The number of carbonyl (C=O) groups excluding carboxylic acids is 2. The van der Waals surface area contributed by atoms with E-state index in [2.05, 4.69) is 4.98 Å². The predicted molar refractivity (Wildman–Crippen MR) is 107 cm³/mol. The molecular formula is C21H32F3N3O2. The zero-order valence-electron chi connectivity index (χ0n) is 16.9. The lowest BCUT2D eigenvalue weighted by Gasteiger charge is -2.07. The molecular weight excluding hydrogens is 383 g/mol. The van der Waals surface area contributed by atoms with Gasteiger partial charge in [0.1, 0.15) is 5.82 Å². The fraction of sp³-hybridized carbons (Fsp3) is 0.667. The molecule has 8 heteroatoms. The molecule has 3 N–H and O–H groups in total. The van der Waals surface area contributed by atoms with Gasteiger partial charge in [-0.25, -0.2) is 4.98 Å². The minimum absolute atomic E-state index is 0.0496. The number of alkyl halides is 3. The van der Waals surface area contributed by atoms with E-state index in [-0.39, 0.29) is 12.3 Å². The van der Waals surface area contributed by atoms with E-state index >= 15 is 0 Å². The number of carbonyl (C=O) groups is 2. The van der Waals surface area contributed by atoms with Crippen molar-refractivity contribution in [3.63, 3.8) is 0 Å². The van der Waals surface area contributed by atoms with Crippen LogP contribution in [-0.2, 0) is 4.79 Å². The minimum Gasteiger partial charge on any atom is -0.383 e. The van der Waals surface area contributed by atoms with Crippen LogP contribution in [0.3, 0.4) is 0 Å². The van der Waals surface area contributed by atoms with Crippen molar-refractivity contribution < 1.29 is 22.8 Å². The van der Waals surface area contributed by atoms with Crippen LogP contribution in [0.25, 0.3) is 0 Å². The summed E-state index contributed by atoms with van der Waals surface area (Å²) in [5.41, 5.74) is 6.21. The van der Waals surface area contributed by atoms with E-state index in [1.807, 2.05) is 5.32 Å². The molecule has 1 amide bonds. The third-order valence-electron chi connectivity index (χ3n) is 4.76. The van der Waals surface area contributed by atoms with Crippen molar-refractivity contribution in [1.29, 1.82) is 0 Å².